The van der Waals surface area contributed by atoms with Gasteiger partial charge in [0.15, 0.2) is 0 Å². The van der Waals surface area contributed by atoms with Crippen LogP contribution in [-0.2, 0) is 0 Å². The van der Waals surface area contributed by atoms with E-state index < -0.39 is 0 Å². The normalized spacial score (nSPS) is 11.2. The van der Waals surface area contributed by atoms with Crippen LogP contribution >= 0.6 is 23.8 Å². The SMILES string of the molecule is CCC(C)(C)Oc1cccc(Cl)c1C(N)=S. The fraction of sp³-hybridized carbons (Fsp3) is 0.417. The third-order valence-electron chi connectivity index (χ3n) is 2.46. The molecule has 0 unspecified atom stereocenters. The van der Waals surface area contributed by atoms with Crippen molar-refractivity contribution in [2.24, 2.45) is 5.73 Å². The molecule has 0 radical (unpaired) electrons. The Hall–Kier alpha value is -0.800. The lowest BCUT2D eigenvalue weighted by Crippen LogP contribution is -2.28. The molecule has 0 aromatic heterocycles. The van der Waals surface area contributed by atoms with E-state index >= 15 is 0 Å². The minimum atomic E-state index is -0.260. The van der Waals surface area contributed by atoms with Crippen molar-refractivity contribution in [2.75, 3.05) is 0 Å². The smallest absolute Gasteiger partial charge is 0.131 e. The standard InChI is InChI=1S/C12H16ClNOS/c1-4-12(2,3)15-9-7-5-6-8(13)10(9)11(14)16/h5-7H,4H2,1-3H3,(H2,14,16). The van der Waals surface area contributed by atoms with Gasteiger partial charge in [-0.2, -0.15) is 0 Å². The van der Waals surface area contributed by atoms with Gasteiger partial charge in [-0.25, -0.2) is 0 Å². The second kappa shape index (κ2) is 5.02. The van der Waals surface area contributed by atoms with Crippen molar-refractivity contribution in [1.29, 1.82) is 0 Å². The zero-order valence-electron chi connectivity index (χ0n) is 9.71. The molecule has 0 saturated heterocycles. The van der Waals surface area contributed by atoms with Gasteiger partial charge in [0.25, 0.3) is 0 Å². The van der Waals surface area contributed by atoms with Crippen molar-refractivity contribution < 1.29 is 4.74 Å². The summed E-state index contributed by atoms with van der Waals surface area (Å²) in [5.74, 6) is 0.645. The zero-order valence-corrected chi connectivity index (χ0v) is 11.3. The van der Waals surface area contributed by atoms with Gasteiger partial charge in [0, 0.05) is 0 Å². The van der Waals surface area contributed by atoms with Gasteiger partial charge in [0.05, 0.1) is 10.6 Å². The molecule has 1 rings (SSSR count). The third kappa shape index (κ3) is 3.09. The Morgan fingerprint density at radius 1 is 1.50 bits per heavy atom. The maximum absolute atomic E-state index is 6.05. The highest BCUT2D eigenvalue weighted by Crippen LogP contribution is 2.30. The maximum Gasteiger partial charge on any atom is 0.131 e. The molecule has 0 saturated carbocycles. The van der Waals surface area contributed by atoms with E-state index in [4.69, 9.17) is 34.3 Å². The lowest BCUT2D eigenvalue weighted by molar-refractivity contribution is 0.105. The lowest BCUT2D eigenvalue weighted by Gasteiger charge is -2.26. The second-order valence-electron chi connectivity index (χ2n) is 4.19. The fourth-order valence-corrected chi connectivity index (χ4v) is 1.73. The Morgan fingerprint density at radius 2 is 2.12 bits per heavy atom. The molecule has 88 valence electrons. The van der Waals surface area contributed by atoms with Gasteiger partial charge in [-0.3, -0.25) is 0 Å². The zero-order chi connectivity index (χ0) is 12.3. The number of benzene rings is 1. The molecule has 1 aromatic rings. The molecule has 0 aliphatic heterocycles. The van der Waals surface area contributed by atoms with Crippen molar-refractivity contribution in [3.8, 4) is 5.75 Å². The van der Waals surface area contributed by atoms with Crippen LogP contribution in [0.15, 0.2) is 18.2 Å². The Morgan fingerprint density at radius 3 is 2.62 bits per heavy atom. The Balaban J connectivity index is 3.14. The summed E-state index contributed by atoms with van der Waals surface area (Å²) in [6, 6.07) is 5.41. The van der Waals surface area contributed by atoms with E-state index in [9.17, 15) is 0 Å². The van der Waals surface area contributed by atoms with Crippen LogP contribution in [0.5, 0.6) is 5.75 Å². The van der Waals surface area contributed by atoms with Gasteiger partial charge < -0.3 is 10.5 Å². The molecule has 0 aliphatic carbocycles. The maximum atomic E-state index is 6.05. The molecule has 2 nitrogen and oxygen atoms in total. The molecule has 0 fully saturated rings. The van der Waals surface area contributed by atoms with Gasteiger partial charge in [0.1, 0.15) is 16.3 Å². The molecule has 0 bridgehead atoms. The van der Waals surface area contributed by atoms with E-state index in [0.29, 0.717) is 16.3 Å². The van der Waals surface area contributed by atoms with Crippen LogP contribution in [0.3, 0.4) is 0 Å². The van der Waals surface area contributed by atoms with E-state index in [1.165, 1.54) is 0 Å². The van der Waals surface area contributed by atoms with Crippen LogP contribution in [0.4, 0.5) is 0 Å². The predicted molar refractivity (Wildman–Crippen MR) is 72.3 cm³/mol. The van der Waals surface area contributed by atoms with E-state index in [1.54, 1.807) is 6.07 Å². The fourth-order valence-electron chi connectivity index (χ4n) is 1.20. The first-order valence-corrected chi connectivity index (χ1v) is 5.93. The van der Waals surface area contributed by atoms with E-state index in [2.05, 4.69) is 6.92 Å². The molecule has 0 aliphatic rings. The van der Waals surface area contributed by atoms with Gasteiger partial charge in [-0.1, -0.05) is 36.8 Å². The van der Waals surface area contributed by atoms with Crippen molar-refractivity contribution in [3.63, 3.8) is 0 Å². The van der Waals surface area contributed by atoms with Crippen LogP contribution in [-0.4, -0.2) is 10.6 Å². The van der Waals surface area contributed by atoms with Crippen LogP contribution in [0.25, 0.3) is 0 Å². The van der Waals surface area contributed by atoms with Crippen LogP contribution in [0.2, 0.25) is 5.02 Å². The highest BCUT2D eigenvalue weighted by atomic mass is 35.5. The topological polar surface area (TPSA) is 35.2 Å². The largest absolute Gasteiger partial charge is 0.487 e. The number of nitrogens with two attached hydrogens (primary N) is 1. The highest BCUT2D eigenvalue weighted by Gasteiger charge is 2.20. The summed E-state index contributed by atoms with van der Waals surface area (Å²) in [5, 5.41) is 0.525. The molecule has 0 heterocycles. The summed E-state index contributed by atoms with van der Waals surface area (Å²) in [6.45, 7) is 6.08. The van der Waals surface area contributed by atoms with Crippen molar-refractivity contribution in [1.82, 2.24) is 0 Å². The summed E-state index contributed by atoms with van der Waals surface area (Å²) < 4.78 is 5.87. The summed E-state index contributed by atoms with van der Waals surface area (Å²) in [6.07, 6.45) is 0.885. The average molecular weight is 258 g/mol. The van der Waals surface area contributed by atoms with Gasteiger partial charge >= 0.3 is 0 Å². The monoisotopic (exact) mass is 257 g/mol. The highest BCUT2D eigenvalue weighted by molar-refractivity contribution is 7.80. The molecule has 0 spiro atoms. The molecule has 2 N–H and O–H groups in total. The number of hydrogen-bond donors (Lipinski definition) is 1. The second-order valence-corrected chi connectivity index (χ2v) is 5.04. The van der Waals surface area contributed by atoms with Crippen molar-refractivity contribution in [3.05, 3.63) is 28.8 Å². The van der Waals surface area contributed by atoms with Crippen LogP contribution in [0.1, 0.15) is 32.8 Å². The quantitative estimate of drug-likeness (QED) is 0.838. The average Bonchev–Trinajstić information content (AvgIpc) is 2.16. The molecular weight excluding hydrogens is 242 g/mol. The summed E-state index contributed by atoms with van der Waals surface area (Å²) in [7, 11) is 0. The number of rotatable bonds is 4. The molecule has 4 heteroatoms. The first kappa shape index (κ1) is 13.3. The van der Waals surface area contributed by atoms with E-state index in [1.807, 2.05) is 26.0 Å². The summed E-state index contributed by atoms with van der Waals surface area (Å²) in [5.41, 5.74) is 5.99. The van der Waals surface area contributed by atoms with Crippen molar-refractivity contribution in [2.45, 2.75) is 32.8 Å². The van der Waals surface area contributed by atoms with Gasteiger partial charge in [-0.05, 0) is 32.4 Å². The summed E-state index contributed by atoms with van der Waals surface area (Å²) in [4.78, 5) is 0.257. The minimum absolute atomic E-state index is 0.257. The Kier molecular flexibility index (Phi) is 4.16. The molecule has 16 heavy (non-hydrogen) atoms. The van der Waals surface area contributed by atoms with Gasteiger partial charge in [-0.15, -0.1) is 0 Å². The number of ether oxygens (including phenoxy) is 1. The van der Waals surface area contributed by atoms with Crippen molar-refractivity contribution >= 4 is 28.8 Å². The Labute approximate surface area is 107 Å². The predicted octanol–water partition coefficient (Wildman–Crippen LogP) is 3.54. The van der Waals surface area contributed by atoms with Crippen LogP contribution < -0.4 is 10.5 Å². The minimum Gasteiger partial charge on any atom is -0.487 e. The molecule has 0 atom stereocenters. The number of hydrogen-bond acceptors (Lipinski definition) is 2. The van der Waals surface area contributed by atoms with Crippen LogP contribution in [0, 0.1) is 0 Å². The first-order valence-electron chi connectivity index (χ1n) is 5.14. The molecule has 1 aromatic carbocycles. The summed E-state index contributed by atoms with van der Waals surface area (Å²) >= 11 is 11.0. The lowest BCUT2D eigenvalue weighted by atomic mass is 10.1. The van der Waals surface area contributed by atoms with E-state index in [-0.39, 0.29) is 10.6 Å². The number of thiocarbonyl (C=S) groups is 1. The molecule has 0 amide bonds. The first-order chi connectivity index (χ1) is 7.37. The number of halogens is 1. The molecular formula is C12H16ClNOS. The Bertz CT molecular complexity index is 404. The third-order valence-corrected chi connectivity index (χ3v) is 2.98. The van der Waals surface area contributed by atoms with Gasteiger partial charge in [0.2, 0.25) is 0 Å². The van der Waals surface area contributed by atoms with E-state index in [0.717, 1.165) is 6.42 Å².